The summed E-state index contributed by atoms with van der Waals surface area (Å²) in [4.78, 5) is 2.04. The van der Waals surface area contributed by atoms with E-state index in [-0.39, 0.29) is 0 Å². The van der Waals surface area contributed by atoms with Gasteiger partial charge in [-0.3, -0.25) is 0 Å². The largest absolute Gasteiger partial charge is 0.497 e. The Kier molecular flexibility index (Phi) is 5.25. The summed E-state index contributed by atoms with van der Waals surface area (Å²) in [7, 11) is 1.66. The number of halogens is 1. The van der Waals surface area contributed by atoms with Crippen LogP contribution in [0.1, 0.15) is 11.1 Å². The molecule has 8 heteroatoms. The molecular formula is C22H19ClN4O2S. The first-order valence-electron chi connectivity index (χ1n) is 9.56. The molecule has 1 aliphatic heterocycles. The molecule has 4 aromatic rings. The van der Waals surface area contributed by atoms with Crippen LogP contribution in [-0.2, 0) is 13.0 Å². The lowest BCUT2D eigenvalue weighted by atomic mass is 10.0. The summed E-state index contributed by atoms with van der Waals surface area (Å²) in [6.45, 7) is 1.67. The number of nitrogens with one attached hydrogen (secondary N) is 1. The van der Waals surface area contributed by atoms with Crippen molar-refractivity contribution in [2.24, 2.45) is 0 Å². The van der Waals surface area contributed by atoms with Crippen LogP contribution in [0, 0.1) is 0 Å². The smallest absolute Gasteiger partial charge is 0.160 e. The molecule has 0 fully saturated rings. The van der Waals surface area contributed by atoms with Crippen LogP contribution in [0.15, 0.2) is 69.0 Å². The fraction of sp³-hybridized carbons (Fsp3) is 0.182. The van der Waals surface area contributed by atoms with Crippen LogP contribution in [0.25, 0.3) is 11.0 Å². The molecule has 1 aromatic heterocycles. The number of hydrogen-bond donors (Lipinski definition) is 1. The Hall–Kier alpha value is -2.74. The van der Waals surface area contributed by atoms with Crippen molar-refractivity contribution in [3.63, 3.8) is 0 Å². The first-order chi connectivity index (χ1) is 14.7. The van der Waals surface area contributed by atoms with Gasteiger partial charge in [0, 0.05) is 27.9 Å². The molecule has 0 bridgehead atoms. The van der Waals surface area contributed by atoms with Gasteiger partial charge in [0.15, 0.2) is 11.0 Å². The maximum Gasteiger partial charge on any atom is 0.160 e. The zero-order chi connectivity index (χ0) is 20.5. The third kappa shape index (κ3) is 3.84. The predicted octanol–water partition coefficient (Wildman–Crippen LogP) is 5.42. The van der Waals surface area contributed by atoms with Crippen LogP contribution in [0.5, 0.6) is 5.75 Å². The van der Waals surface area contributed by atoms with E-state index in [2.05, 4.69) is 32.9 Å². The Bertz CT molecular complexity index is 1210. The second kappa shape index (κ2) is 8.18. The molecule has 0 unspecified atom stereocenters. The zero-order valence-corrected chi connectivity index (χ0v) is 17.8. The number of methoxy groups -OCH3 is 1. The normalized spacial score (nSPS) is 13.9. The van der Waals surface area contributed by atoms with Crippen LogP contribution >= 0.6 is 23.4 Å². The van der Waals surface area contributed by atoms with Gasteiger partial charge in [0.05, 0.1) is 12.8 Å². The molecule has 0 radical (unpaired) electrons. The Morgan fingerprint density at radius 3 is 2.87 bits per heavy atom. The van der Waals surface area contributed by atoms with E-state index in [9.17, 15) is 0 Å². The lowest BCUT2D eigenvalue weighted by molar-refractivity contribution is 0.306. The van der Waals surface area contributed by atoms with Crippen LogP contribution in [0.3, 0.4) is 0 Å². The van der Waals surface area contributed by atoms with Crippen molar-refractivity contribution in [3.05, 3.63) is 70.7 Å². The highest BCUT2D eigenvalue weighted by Gasteiger charge is 2.19. The van der Waals surface area contributed by atoms with Crippen molar-refractivity contribution in [2.75, 3.05) is 19.1 Å². The monoisotopic (exact) mass is 438 g/mol. The summed E-state index contributed by atoms with van der Waals surface area (Å²) in [6, 6.07) is 18.1. The van der Waals surface area contributed by atoms with E-state index in [1.807, 2.05) is 42.5 Å². The molecule has 0 aliphatic carbocycles. The number of fused-ring (bicyclic) bond motifs is 2. The van der Waals surface area contributed by atoms with Crippen LogP contribution in [0.2, 0.25) is 5.02 Å². The first-order valence-corrected chi connectivity index (χ1v) is 10.7. The summed E-state index contributed by atoms with van der Waals surface area (Å²) >= 11 is 7.72. The SMILES string of the molecule is COc1cccc(Sc2ccc(NN3CCc4cc(Cl)ccc4C3)c3nonc23)c1. The van der Waals surface area contributed by atoms with Gasteiger partial charge in [-0.2, -0.15) is 0 Å². The van der Waals surface area contributed by atoms with Gasteiger partial charge in [-0.25, -0.2) is 9.64 Å². The molecule has 3 aromatic carbocycles. The second-order valence-corrected chi connectivity index (χ2v) is 8.60. The average molecular weight is 439 g/mol. The summed E-state index contributed by atoms with van der Waals surface area (Å²) in [5.74, 6) is 0.819. The molecule has 5 rings (SSSR count). The summed E-state index contributed by atoms with van der Waals surface area (Å²) < 4.78 is 10.4. The molecule has 0 saturated carbocycles. The number of hydrazine groups is 1. The number of anilines is 1. The van der Waals surface area contributed by atoms with Crippen molar-refractivity contribution in [3.8, 4) is 5.75 Å². The fourth-order valence-corrected chi connectivity index (χ4v) is 4.73. The second-order valence-electron chi connectivity index (χ2n) is 7.05. The van der Waals surface area contributed by atoms with E-state index in [4.69, 9.17) is 21.0 Å². The summed E-state index contributed by atoms with van der Waals surface area (Å²) in [6.07, 6.45) is 0.937. The number of rotatable bonds is 5. The number of nitrogens with zero attached hydrogens (tertiary/aromatic N) is 3. The van der Waals surface area contributed by atoms with Gasteiger partial charge in [-0.1, -0.05) is 35.5 Å². The van der Waals surface area contributed by atoms with Crippen molar-refractivity contribution in [1.29, 1.82) is 0 Å². The first kappa shape index (κ1) is 19.2. The van der Waals surface area contributed by atoms with E-state index in [1.165, 1.54) is 11.1 Å². The minimum absolute atomic E-state index is 0.713. The Balaban J connectivity index is 1.38. The summed E-state index contributed by atoms with van der Waals surface area (Å²) in [5, 5.41) is 11.3. The number of benzene rings is 3. The highest BCUT2D eigenvalue weighted by molar-refractivity contribution is 7.99. The maximum absolute atomic E-state index is 6.12. The van der Waals surface area contributed by atoms with Crippen molar-refractivity contribution >= 4 is 40.1 Å². The standard InChI is InChI=1S/C22H19ClN4O2S/c1-28-17-3-2-4-18(12-17)30-20-8-7-19(21-22(20)26-29-25-21)24-27-10-9-14-11-16(23)6-5-15(14)13-27/h2-8,11-12,24H,9-10,13H2,1H3. The molecule has 0 spiro atoms. The van der Waals surface area contributed by atoms with Gasteiger partial charge in [0.1, 0.15) is 5.75 Å². The van der Waals surface area contributed by atoms with E-state index in [0.29, 0.717) is 5.52 Å². The maximum atomic E-state index is 6.12. The zero-order valence-electron chi connectivity index (χ0n) is 16.3. The molecule has 0 amide bonds. The van der Waals surface area contributed by atoms with E-state index in [1.54, 1.807) is 18.9 Å². The molecule has 1 N–H and O–H groups in total. The number of hydrogen-bond acceptors (Lipinski definition) is 7. The molecule has 152 valence electrons. The average Bonchev–Trinajstić information content (AvgIpc) is 3.26. The molecular weight excluding hydrogens is 420 g/mol. The van der Waals surface area contributed by atoms with Gasteiger partial charge < -0.3 is 10.2 Å². The molecule has 30 heavy (non-hydrogen) atoms. The third-order valence-corrected chi connectivity index (χ3v) is 6.38. The van der Waals surface area contributed by atoms with Gasteiger partial charge in [0.25, 0.3) is 0 Å². The molecule has 0 saturated heterocycles. The van der Waals surface area contributed by atoms with Gasteiger partial charge >= 0.3 is 0 Å². The molecule has 0 atom stereocenters. The Morgan fingerprint density at radius 1 is 1.07 bits per heavy atom. The minimum Gasteiger partial charge on any atom is -0.497 e. The lowest BCUT2D eigenvalue weighted by Crippen LogP contribution is -2.35. The van der Waals surface area contributed by atoms with Crippen LogP contribution in [-0.4, -0.2) is 29.0 Å². The highest BCUT2D eigenvalue weighted by Crippen LogP contribution is 2.36. The fourth-order valence-electron chi connectivity index (χ4n) is 3.60. The molecule has 1 aliphatic rings. The van der Waals surface area contributed by atoms with Gasteiger partial charge in [-0.15, -0.1) is 0 Å². The highest BCUT2D eigenvalue weighted by atomic mass is 35.5. The Morgan fingerprint density at radius 2 is 1.97 bits per heavy atom. The van der Waals surface area contributed by atoms with Crippen molar-refractivity contribution in [2.45, 2.75) is 22.8 Å². The lowest BCUT2D eigenvalue weighted by Gasteiger charge is -2.30. The minimum atomic E-state index is 0.713. The van der Waals surface area contributed by atoms with Gasteiger partial charge in [-0.05, 0) is 70.3 Å². The topological polar surface area (TPSA) is 63.4 Å². The number of aromatic nitrogens is 2. The Labute approximate surface area is 183 Å². The van der Waals surface area contributed by atoms with E-state index >= 15 is 0 Å². The van der Waals surface area contributed by atoms with Crippen LogP contribution in [0.4, 0.5) is 5.69 Å². The van der Waals surface area contributed by atoms with Crippen LogP contribution < -0.4 is 10.2 Å². The third-order valence-electron chi connectivity index (χ3n) is 5.11. The van der Waals surface area contributed by atoms with E-state index in [0.717, 1.165) is 51.3 Å². The van der Waals surface area contributed by atoms with Gasteiger partial charge in [0.2, 0.25) is 0 Å². The molecule has 2 heterocycles. The number of ether oxygens (including phenoxy) is 1. The van der Waals surface area contributed by atoms with Crippen molar-refractivity contribution < 1.29 is 9.37 Å². The predicted molar refractivity (Wildman–Crippen MR) is 118 cm³/mol. The quantitative estimate of drug-likeness (QED) is 0.446. The molecule has 6 nitrogen and oxygen atoms in total. The van der Waals surface area contributed by atoms with Crippen molar-refractivity contribution in [1.82, 2.24) is 15.3 Å². The summed E-state index contributed by atoms with van der Waals surface area (Å²) in [5.41, 5.74) is 8.38. The van der Waals surface area contributed by atoms with E-state index < -0.39 is 0 Å².